The molecular formula is C10H14O4. The van der Waals surface area contributed by atoms with Crippen LogP contribution in [-0.4, -0.2) is 33.5 Å². The zero-order chi connectivity index (χ0) is 9.97. The molecule has 4 bridgehead atoms. The molecule has 4 heteroatoms. The van der Waals surface area contributed by atoms with Crippen molar-refractivity contribution in [2.75, 3.05) is 0 Å². The lowest BCUT2D eigenvalue weighted by Crippen LogP contribution is -2.52. The smallest absolute Gasteiger partial charge is 0.338 e. The summed E-state index contributed by atoms with van der Waals surface area (Å²) in [6.45, 7) is 0. The molecule has 4 unspecified atom stereocenters. The van der Waals surface area contributed by atoms with Crippen molar-refractivity contribution in [1.29, 1.82) is 0 Å². The quantitative estimate of drug-likeness (QED) is 0.536. The summed E-state index contributed by atoms with van der Waals surface area (Å²) >= 11 is 0. The SMILES string of the molecule is O=C1OC2CC3CC(O)(C2)CC1(O)C3. The van der Waals surface area contributed by atoms with Gasteiger partial charge in [-0.3, -0.25) is 0 Å². The summed E-state index contributed by atoms with van der Waals surface area (Å²) in [7, 11) is 0. The second-order valence-corrected chi connectivity index (χ2v) is 5.17. The highest BCUT2D eigenvalue weighted by Crippen LogP contribution is 2.50. The molecule has 2 saturated carbocycles. The van der Waals surface area contributed by atoms with Crippen LogP contribution in [-0.2, 0) is 9.53 Å². The zero-order valence-corrected chi connectivity index (χ0v) is 7.90. The normalized spacial score (nSPS) is 55.7. The Morgan fingerprint density at radius 1 is 1.29 bits per heavy atom. The Balaban J connectivity index is 2.06. The molecular weight excluding hydrogens is 184 g/mol. The lowest BCUT2D eigenvalue weighted by Gasteiger charge is -2.45. The Hall–Kier alpha value is -0.610. The highest BCUT2D eigenvalue weighted by Gasteiger charge is 2.58. The summed E-state index contributed by atoms with van der Waals surface area (Å²) in [4.78, 5) is 11.5. The molecule has 4 aliphatic rings. The monoisotopic (exact) mass is 198 g/mol. The molecule has 0 radical (unpaired) electrons. The molecule has 4 atom stereocenters. The van der Waals surface area contributed by atoms with Gasteiger partial charge in [0.25, 0.3) is 0 Å². The molecule has 0 aromatic carbocycles. The van der Waals surface area contributed by atoms with Crippen LogP contribution in [0.25, 0.3) is 0 Å². The predicted octanol–water partition coefficient (Wildman–Crippen LogP) is -0.0321. The first-order valence-electron chi connectivity index (χ1n) is 5.15. The zero-order valence-electron chi connectivity index (χ0n) is 7.90. The van der Waals surface area contributed by atoms with Crippen molar-refractivity contribution in [1.82, 2.24) is 0 Å². The van der Waals surface area contributed by atoms with Crippen LogP contribution in [0.1, 0.15) is 32.1 Å². The number of hydrogen-bond acceptors (Lipinski definition) is 4. The number of carbonyl (C=O) groups is 1. The number of esters is 1. The number of ether oxygens (including phenoxy) is 1. The maximum absolute atomic E-state index is 11.5. The van der Waals surface area contributed by atoms with Gasteiger partial charge in [-0.1, -0.05) is 0 Å². The third-order valence-electron chi connectivity index (χ3n) is 3.77. The standard InChI is InChI=1S/C10H14O4/c11-8-10(13)3-6-1-7(14-8)4-9(12,2-6)5-10/h6-7,12-13H,1-5H2. The summed E-state index contributed by atoms with van der Waals surface area (Å²) in [5.41, 5.74) is -2.28. The average Bonchev–Trinajstić information content (AvgIpc) is 2.08. The molecule has 14 heavy (non-hydrogen) atoms. The molecule has 2 N–H and O–H groups in total. The van der Waals surface area contributed by atoms with Gasteiger partial charge in [-0.15, -0.1) is 0 Å². The Morgan fingerprint density at radius 2 is 2.07 bits per heavy atom. The maximum atomic E-state index is 11.5. The van der Waals surface area contributed by atoms with Gasteiger partial charge in [-0.2, -0.15) is 0 Å². The summed E-state index contributed by atoms with van der Waals surface area (Å²) < 4.78 is 5.16. The first-order chi connectivity index (χ1) is 6.49. The average molecular weight is 198 g/mol. The Kier molecular flexibility index (Phi) is 1.43. The fraction of sp³-hybridized carbons (Fsp3) is 0.900. The van der Waals surface area contributed by atoms with Crippen molar-refractivity contribution in [2.45, 2.75) is 49.4 Å². The summed E-state index contributed by atoms with van der Waals surface area (Å²) in [6, 6.07) is 0. The van der Waals surface area contributed by atoms with E-state index in [1.807, 2.05) is 0 Å². The van der Waals surface area contributed by atoms with Gasteiger partial charge in [0.2, 0.25) is 0 Å². The van der Waals surface area contributed by atoms with Crippen LogP contribution in [0.15, 0.2) is 0 Å². The van der Waals surface area contributed by atoms with E-state index in [0.29, 0.717) is 19.3 Å². The van der Waals surface area contributed by atoms with Crippen molar-refractivity contribution in [3.63, 3.8) is 0 Å². The number of aliphatic hydroxyl groups is 2. The fourth-order valence-electron chi connectivity index (χ4n) is 3.48. The van der Waals surface area contributed by atoms with Crippen molar-refractivity contribution in [3.05, 3.63) is 0 Å². The largest absolute Gasteiger partial charge is 0.460 e. The lowest BCUT2D eigenvalue weighted by molar-refractivity contribution is -0.170. The van der Waals surface area contributed by atoms with Crippen LogP contribution in [0, 0.1) is 5.92 Å². The van der Waals surface area contributed by atoms with E-state index in [2.05, 4.69) is 0 Å². The van der Waals surface area contributed by atoms with Gasteiger partial charge in [0, 0.05) is 12.8 Å². The highest BCUT2D eigenvalue weighted by molar-refractivity contribution is 5.80. The number of hydrogen-bond donors (Lipinski definition) is 2. The Labute approximate surface area is 81.9 Å². The Bertz CT molecular complexity index is 302. The van der Waals surface area contributed by atoms with Crippen LogP contribution in [0.4, 0.5) is 0 Å². The van der Waals surface area contributed by atoms with Gasteiger partial charge in [0.15, 0.2) is 5.60 Å². The molecule has 2 aliphatic heterocycles. The van der Waals surface area contributed by atoms with Crippen molar-refractivity contribution >= 4 is 5.97 Å². The van der Waals surface area contributed by atoms with Gasteiger partial charge in [-0.05, 0) is 25.2 Å². The summed E-state index contributed by atoms with van der Waals surface area (Å²) in [5, 5.41) is 20.3. The van der Waals surface area contributed by atoms with Gasteiger partial charge in [-0.25, -0.2) is 4.79 Å². The van der Waals surface area contributed by atoms with Crippen molar-refractivity contribution in [2.24, 2.45) is 5.92 Å². The topological polar surface area (TPSA) is 66.8 Å². The van der Waals surface area contributed by atoms with Crippen LogP contribution in [0.5, 0.6) is 0 Å². The molecule has 4 fully saturated rings. The van der Waals surface area contributed by atoms with E-state index in [1.54, 1.807) is 0 Å². The maximum Gasteiger partial charge on any atom is 0.338 e. The van der Waals surface area contributed by atoms with Gasteiger partial charge < -0.3 is 14.9 Å². The molecule has 78 valence electrons. The summed E-state index contributed by atoms with van der Waals surface area (Å²) in [6.07, 6.45) is 2.45. The minimum absolute atomic E-state index is 0.159. The lowest BCUT2D eigenvalue weighted by atomic mass is 9.64. The molecule has 2 aliphatic carbocycles. The molecule has 2 heterocycles. The first kappa shape index (κ1) is 8.68. The van der Waals surface area contributed by atoms with Crippen molar-refractivity contribution in [3.8, 4) is 0 Å². The van der Waals surface area contributed by atoms with Crippen LogP contribution in [0.2, 0.25) is 0 Å². The van der Waals surface area contributed by atoms with Gasteiger partial charge >= 0.3 is 5.97 Å². The molecule has 0 amide bonds. The number of carbonyl (C=O) groups excluding carboxylic acids is 1. The summed E-state index contributed by atoms with van der Waals surface area (Å²) in [5.74, 6) is -0.287. The van der Waals surface area contributed by atoms with Crippen LogP contribution in [0.3, 0.4) is 0 Å². The second kappa shape index (κ2) is 2.31. The third kappa shape index (κ3) is 1.04. The van der Waals surface area contributed by atoms with Crippen LogP contribution >= 0.6 is 0 Å². The van der Waals surface area contributed by atoms with E-state index in [1.165, 1.54) is 0 Å². The van der Waals surface area contributed by atoms with Gasteiger partial charge in [0.1, 0.15) is 6.10 Å². The van der Waals surface area contributed by atoms with Crippen LogP contribution < -0.4 is 0 Å². The highest BCUT2D eigenvalue weighted by atomic mass is 16.6. The predicted molar refractivity (Wildman–Crippen MR) is 46.4 cm³/mol. The molecule has 4 nitrogen and oxygen atoms in total. The minimum atomic E-state index is -1.41. The van der Waals surface area contributed by atoms with E-state index in [0.717, 1.165) is 6.42 Å². The number of fused-ring (bicyclic) bond motifs is 1. The van der Waals surface area contributed by atoms with E-state index < -0.39 is 17.2 Å². The minimum Gasteiger partial charge on any atom is -0.460 e. The van der Waals surface area contributed by atoms with E-state index in [9.17, 15) is 15.0 Å². The van der Waals surface area contributed by atoms with E-state index >= 15 is 0 Å². The third-order valence-corrected chi connectivity index (χ3v) is 3.77. The fourth-order valence-corrected chi connectivity index (χ4v) is 3.48. The van der Waals surface area contributed by atoms with Gasteiger partial charge in [0.05, 0.1) is 5.60 Å². The molecule has 0 aromatic rings. The molecule has 4 rings (SSSR count). The van der Waals surface area contributed by atoms with E-state index in [4.69, 9.17) is 4.74 Å². The number of rotatable bonds is 0. The molecule has 0 aromatic heterocycles. The first-order valence-corrected chi connectivity index (χ1v) is 5.15. The second-order valence-electron chi connectivity index (χ2n) is 5.17. The molecule has 2 saturated heterocycles. The Morgan fingerprint density at radius 3 is 2.79 bits per heavy atom. The van der Waals surface area contributed by atoms with Crippen molar-refractivity contribution < 1.29 is 19.7 Å². The van der Waals surface area contributed by atoms with E-state index in [-0.39, 0.29) is 18.4 Å². The molecule has 0 spiro atoms.